The van der Waals surface area contributed by atoms with Gasteiger partial charge in [-0.1, -0.05) is 0 Å². The van der Waals surface area contributed by atoms with Crippen molar-refractivity contribution in [2.24, 2.45) is 0 Å². The highest BCUT2D eigenvalue weighted by atomic mass is 16.8. The molecule has 0 unspecified atom stereocenters. The van der Waals surface area contributed by atoms with Crippen LogP contribution in [0.25, 0.3) is 0 Å². The first-order chi connectivity index (χ1) is 7.51. The molecule has 0 aliphatic carbocycles. The van der Waals surface area contributed by atoms with Gasteiger partial charge in [-0.2, -0.15) is 0 Å². The third-order valence-electron chi connectivity index (χ3n) is 2.19. The average molecular weight is 228 g/mol. The zero-order chi connectivity index (χ0) is 12.3. The molecule has 0 saturated heterocycles. The van der Waals surface area contributed by atoms with Crippen molar-refractivity contribution in [3.8, 4) is 11.5 Å². The topological polar surface area (TPSA) is 85.2 Å². The Morgan fingerprint density at radius 1 is 1.25 bits per heavy atom. The fraction of sp³-hybridized carbons (Fsp3) is 0.400. The second-order valence-electron chi connectivity index (χ2n) is 3.21. The molecule has 0 aliphatic heterocycles. The minimum atomic E-state index is -0.904. The van der Waals surface area contributed by atoms with Gasteiger partial charge in [-0.3, -0.25) is 5.21 Å². The van der Waals surface area contributed by atoms with Gasteiger partial charge in [0, 0.05) is 11.6 Å². The highest BCUT2D eigenvalue weighted by Crippen LogP contribution is 2.37. The number of ether oxygens (including phenoxy) is 2. The van der Waals surface area contributed by atoms with Gasteiger partial charge in [-0.15, -0.1) is 0 Å². The summed E-state index contributed by atoms with van der Waals surface area (Å²) in [5, 5.41) is 29.0. The van der Waals surface area contributed by atoms with Gasteiger partial charge < -0.3 is 25.0 Å². The fourth-order valence-electron chi connectivity index (χ4n) is 1.38. The molecule has 6 heteroatoms. The zero-order valence-electron chi connectivity index (χ0n) is 9.30. The van der Waals surface area contributed by atoms with E-state index >= 15 is 0 Å². The lowest BCUT2D eigenvalue weighted by Crippen LogP contribution is -2.12. The van der Waals surface area contributed by atoms with E-state index in [0.29, 0.717) is 11.5 Å². The average Bonchev–Trinajstić information content (AvgIpc) is 2.26. The Balaban J connectivity index is 3.35. The monoisotopic (exact) mass is 228 g/mol. The van der Waals surface area contributed by atoms with Gasteiger partial charge in [0.15, 0.2) is 11.5 Å². The quantitative estimate of drug-likeness (QED) is 0.758. The maximum absolute atomic E-state index is 10.9. The Kier molecular flexibility index (Phi) is 3.94. The van der Waals surface area contributed by atoms with Crippen molar-refractivity contribution in [1.82, 2.24) is 0 Å². The lowest BCUT2D eigenvalue weighted by molar-refractivity contribution is 0.196. The summed E-state index contributed by atoms with van der Waals surface area (Å²) >= 11 is 0. The van der Waals surface area contributed by atoms with Crippen LogP contribution in [0.3, 0.4) is 0 Å². The molecule has 6 nitrogen and oxygen atoms in total. The summed E-state index contributed by atoms with van der Waals surface area (Å²) in [6.07, 6.45) is -0.904. The second-order valence-corrected chi connectivity index (χ2v) is 3.21. The van der Waals surface area contributed by atoms with Crippen molar-refractivity contribution < 1.29 is 19.8 Å². The number of rotatable bonds is 4. The van der Waals surface area contributed by atoms with Crippen molar-refractivity contribution in [1.29, 1.82) is 0 Å². The van der Waals surface area contributed by atoms with E-state index in [9.17, 15) is 10.3 Å². The number of hydrogen-bond acceptors (Lipinski definition) is 6. The Labute approximate surface area is 93.2 Å². The van der Waals surface area contributed by atoms with E-state index in [0.717, 1.165) is 0 Å². The van der Waals surface area contributed by atoms with E-state index in [1.165, 1.54) is 33.3 Å². The van der Waals surface area contributed by atoms with Crippen LogP contribution in [0.2, 0.25) is 0 Å². The van der Waals surface area contributed by atoms with Gasteiger partial charge >= 0.3 is 0 Å². The van der Waals surface area contributed by atoms with Crippen LogP contribution in [0.1, 0.15) is 18.6 Å². The Hall–Kier alpha value is -1.50. The number of benzene rings is 1. The standard InChI is InChI=1S/C10H14NO5/c1-6(12)7-4-9(15-2)10(16-3)5-8(7)11(13)14/h4-6,12-13H,1-3H3/q-1/t6-/m1/s1. The van der Waals surface area contributed by atoms with Crippen LogP contribution in [0, 0.1) is 5.21 Å². The summed E-state index contributed by atoms with van der Waals surface area (Å²) in [6, 6.07) is 2.74. The second kappa shape index (κ2) is 5.02. The molecule has 0 heterocycles. The minimum Gasteiger partial charge on any atom is -0.733 e. The van der Waals surface area contributed by atoms with Crippen molar-refractivity contribution >= 4 is 5.69 Å². The summed E-state index contributed by atoms with van der Waals surface area (Å²) in [5.41, 5.74) is 0.183. The van der Waals surface area contributed by atoms with E-state index in [-0.39, 0.29) is 16.5 Å². The van der Waals surface area contributed by atoms with Crippen LogP contribution >= 0.6 is 0 Å². The molecule has 0 aliphatic rings. The predicted octanol–water partition coefficient (Wildman–Crippen LogP) is 1.45. The van der Waals surface area contributed by atoms with E-state index in [1.807, 2.05) is 0 Å². The maximum atomic E-state index is 10.9. The normalized spacial score (nSPS) is 12.1. The number of aliphatic hydroxyl groups is 1. The highest BCUT2D eigenvalue weighted by Gasteiger charge is 2.15. The number of methoxy groups -OCH3 is 2. The molecule has 0 radical (unpaired) electrons. The number of anilines is 1. The number of nitrogens with zero attached hydrogens (tertiary/aromatic N) is 1. The molecule has 1 atom stereocenters. The molecule has 16 heavy (non-hydrogen) atoms. The van der Waals surface area contributed by atoms with Crippen LogP contribution in [-0.4, -0.2) is 24.5 Å². The van der Waals surface area contributed by atoms with E-state index in [2.05, 4.69) is 0 Å². The van der Waals surface area contributed by atoms with E-state index < -0.39 is 6.10 Å². The summed E-state index contributed by atoms with van der Waals surface area (Å²) in [5.74, 6) is 0.681. The van der Waals surface area contributed by atoms with Crippen LogP contribution in [-0.2, 0) is 0 Å². The summed E-state index contributed by atoms with van der Waals surface area (Å²) < 4.78 is 10.0. The number of hydrogen-bond donors (Lipinski definition) is 2. The van der Waals surface area contributed by atoms with Crippen LogP contribution in [0.5, 0.6) is 11.5 Å². The smallest absolute Gasteiger partial charge is 0.162 e. The van der Waals surface area contributed by atoms with Crippen molar-refractivity contribution in [2.45, 2.75) is 13.0 Å². The van der Waals surface area contributed by atoms with Gasteiger partial charge in [-0.25, -0.2) is 0 Å². The summed E-state index contributed by atoms with van der Waals surface area (Å²) in [6.45, 7) is 1.48. The lowest BCUT2D eigenvalue weighted by Gasteiger charge is -2.26. The molecule has 0 amide bonds. The maximum Gasteiger partial charge on any atom is 0.162 e. The van der Waals surface area contributed by atoms with E-state index in [4.69, 9.17) is 14.7 Å². The highest BCUT2D eigenvalue weighted by molar-refractivity contribution is 5.61. The molecule has 0 spiro atoms. The van der Waals surface area contributed by atoms with Gasteiger partial charge in [-0.05, 0) is 13.0 Å². The summed E-state index contributed by atoms with van der Waals surface area (Å²) in [7, 11) is 2.85. The van der Waals surface area contributed by atoms with Crippen molar-refractivity contribution in [3.63, 3.8) is 0 Å². The first-order valence-electron chi connectivity index (χ1n) is 4.61. The molecule has 1 aromatic carbocycles. The van der Waals surface area contributed by atoms with Crippen LogP contribution in [0.4, 0.5) is 5.69 Å². The van der Waals surface area contributed by atoms with Crippen LogP contribution in [0.15, 0.2) is 12.1 Å². The van der Waals surface area contributed by atoms with Crippen molar-refractivity contribution in [3.05, 3.63) is 22.9 Å². The first kappa shape index (κ1) is 12.6. The van der Waals surface area contributed by atoms with Gasteiger partial charge in [0.25, 0.3) is 0 Å². The zero-order valence-corrected chi connectivity index (χ0v) is 9.30. The molecule has 1 rings (SSSR count). The predicted molar refractivity (Wildman–Crippen MR) is 57.8 cm³/mol. The molecule has 0 bridgehead atoms. The fourth-order valence-corrected chi connectivity index (χ4v) is 1.38. The Morgan fingerprint density at radius 3 is 2.12 bits per heavy atom. The minimum absolute atomic E-state index is 0.0762. The molecule has 0 saturated carbocycles. The third kappa shape index (κ3) is 2.35. The molecule has 90 valence electrons. The Morgan fingerprint density at radius 2 is 1.75 bits per heavy atom. The number of aliphatic hydroxyl groups excluding tert-OH is 1. The SMILES string of the molecule is COc1cc([C@@H](C)O)c(N([O-])O)cc1OC. The molecule has 1 aromatic rings. The summed E-state index contributed by atoms with van der Waals surface area (Å²) in [4.78, 5) is 0. The van der Waals surface area contributed by atoms with Crippen molar-refractivity contribution in [2.75, 3.05) is 19.4 Å². The molecular formula is C10H14NO5-. The van der Waals surface area contributed by atoms with E-state index in [1.54, 1.807) is 0 Å². The van der Waals surface area contributed by atoms with Gasteiger partial charge in [0.2, 0.25) is 0 Å². The lowest BCUT2D eigenvalue weighted by atomic mass is 10.1. The molecule has 0 aromatic heterocycles. The Bertz CT molecular complexity index is 329. The van der Waals surface area contributed by atoms with Gasteiger partial charge in [0.1, 0.15) is 0 Å². The largest absolute Gasteiger partial charge is 0.733 e. The molecular weight excluding hydrogens is 214 g/mol. The van der Waals surface area contributed by atoms with Crippen LogP contribution < -0.4 is 14.7 Å². The molecule has 0 fully saturated rings. The van der Waals surface area contributed by atoms with Gasteiger partial charge in [0.05, 0.1) is 26.0 Å². The first-order valence-corrected chi connectivity index (χ1v) is 4.61. The molecule has 2 N–H and O–H groups in total. The third-order valence-corrected chi connectivity index (χ3v) is 2.19.